The first-order valence-electron chi connectivity index (χ1n) is 6.86. The lowest BCUT2D eigenvalue weighted by Crippen LogP contribution is -2.35. The van der Waals surface area contributed by atoms with E-state index in [9.17, 15) is 0 Å². The Bertz CT molecular complexity index is 423. The summed E-state index contributed by atoms with van der Waals surface area (Å²) in [5.41, 5.74) is 2.71. The number of hydrogen-bond donors (Lipinski definition) is 1. The average molecular weight is 314 g/mol. The standard InChI is InChI=1S/C14H24BrN3/c1-5-14(3,9-16-11-6-7-11)8-12-13(15)10(2)17-18(12)4/h11,16H,5-9H2,1-4H3. The van der Waals surface area contributed by atoms with Crippen LogP contribution in [-0.2, 0) is 13.5 Å². The molecule has 0 bridgehead atoms. The summed E-state index contributed by atoms with van der Waals surface area (Å²) < 4.78 is 3.20. The number of aromatic nitrogens is 2. The Kier molecular flexibility index (Phi) is 4.17. The molecule has 1 aliphatic rings. The van der Waals surface area contributed by atoms with E-state index < -0.39 is 0 Å². The molecule has 0 radical (unpaired) electrons. The highest BCUT2D eigenvalue weighted by Crippen LogP contribution is 2.31. The predicted molar refractivity (Wildman–Crippen MR) is 78.8 cm³/mol. The molecule has 1 N–H and O–H groups in total. The fraction of sp³-hybridized carbons (Fsp3) is 0.786. The summed E-state index contributed by atoms with van der Waals surface area (Å²) in [4.78, 5) is 0. The van der Waals surface area contributed by atoms with Crippen LogP contribution in [0.5, 0.6) is 0 Å². The van der Waals surface area contributed by atoms with E-state index in [4.69, 9.17) is 0 Å². The summed E-state index contributed by atoms with van der Waals surface area (Å²) >= 11 is 3.67. The Labute approximate surface area is 118 Å². The molecule has 3 nitrogen and oxygen atoms in total. The van der Waals surface area contributed by atoms with E-state index in [-0.39, 0.29) is 0 Å². The van der Waals surface area contributed by atoms with Gasteiger partial charge in [-0.15, -0.1) is 0 Å². The Hall–Kier alpha value is -0.350. The molecule has 1 aromatic heterocycles. The first-order valence-corrected chi connectivity index (χ1v) is 7.66. The third kappa shape index (κ3) is 3.15. The van der Waals surface area contributed by atoms with Crippen LogP contribution in [0.1, 0.15) is 44.5 Å². The maximum absolute atomic E-state index is 4.49. The molecule has 1 aromatic rings. The molecule has 1 saturated carbocycles. The highest BCUT2D eigenvalue weighted by molar-refractivity contribution is 9.10. The second-order valence-corrected chi connectivity index (χ2v) is 6.76. The van der Waals surface area contributed by atoms with Gasteiger partial charge in [-0.1, -0.05) is 13.8 Å². The Morgan fingerprint density at radius 3 is 2.61 bits per heavy atom. The summed E-state index contributed by atoms with van der Waals surface area (Å²) in [6, 6.07) is 0.785. The number of halogens is 1. The Balaban J connectivity index is 2.07. The van der Waals surface area contributed by atoms with Crippen molar-refractivity contribution in [1.29, 1.82) is 0 Å². The lowest BCUT2D eigenvalue weighted by Gasteiger charge is -2.29. The normalized spacial score (nSPS) is 18.9. The third-order valence-corrected chi connectivity index (χ3v) is 5.14. The summed E-state index contributed by atoms with van der Waals surface area (Å²) in [5.74, 6) is 0. The summed E-state index contributed by atoms with van der Waals surface area (Å²) in [6.45, 7) is 7.81. The second-order valence-electron chi connectivity index (χ2n) is 5.97. The van der Waals surface area contributed by atoms with Crippen LogP contribution in [0.3, 0.4) is 0 Å². The lowest BCUT2D eigenvalue weighted by atomic mass is 9.82. The maximum Gasteiger partial charge on any atom is 0.0738 e. The molecule has 0 aromatic carbocycles. The molecule has 2 rings (SSSR count). The first kappa shape index (κ1) is 14.1. The smallest absolute Gasteiger partial charge is 0.0738 e. The van der Waals surface area contributed by atoms with Gasteiger partial charge in [-0.05, 0) is 54.0 Å². The zero-order valence-electron chi connectivity index (χ0n) is 11.9. The minimum atomic E-state index is 0.311. The van der Waals surface area contributed by atoms with Gasteiger partial charge in [-0.3, -0.25) is 4.68 Å². The molecule has 1 fully saturated rings. The number of nitrogens with zero attached hydrogens (tertiary/aromatic N) is 2. The van der Waals surface area contributed by atoms with Crippen molar-refractivity contribution in [3.05, 3.63) is 15.9 Å². The third-order valence-electron chi connectivity index (χ3n) is 4.10. The van der Waals surface area contributed by atoms with E-state index in [0.29, 0.717) is 5.41 Å². The van der Waals surface area contributed by atoms with E-state index in [1.165, 1.54) is 29.4 Å². The van der Waals surface area contributed by atoms with Crippen molar-refractivity contribution in [3.8, 4) is 0 Å². The maximum atomic E-state index is 4.49. The first-order chi connectivity index (χ1) is 8.45. The zero-order chi connectivity index (χ0) is 13.3. The highest BCUT2D eigenvalue weighted by atomic mass is 79.9. The van der Waals surface area contributed by atoms with Crippen molar-refractivity contribution in [3.63, 3.8) is 0 Å². The topological polar surface area (TPSA) is 29.9 Å². The molecule has 18 heavy (non-hydrogen) atoms. The van der Waals surface area contributed by atoms with Crippen molar-refractivity contribution >= 4 is 15.9 Å². The molecule has 0 amide bonds. The van der Waals surface area contributed by atoms with Crippen LogP contribution >= 0.6 is 15.9 Å². The number of hydrogen-bond acceptors (Lipinski definition) is 2. The summed E-state index contributed by atoms with van der Waals surface area (Å²) in [7, 11) is 2.04. The molecule has 102 valence electrons. The predicted octanol–water partition coefficient (Wildman–Crippen LogP) is 3.20. The van der Waals surface area contributed by atoms with Gasteiger partial charge in [-0.25, -0.2) is 0 Å². The van der Waals surface area contributed by atoms with E-state index in [1.807, 2.05) is 11.7 Å². The van der Waals surface area contributed by atoms with Crippen LogP contribution in [0, 0.1) is 12.3 Å². The van der Waals surface area contributed by atoms with Crippen LogP contribution in [0.25, 0.3) is 0 Å². The molecule has 1 atom stereocenters. The van der Waals surface area contributed by atoms with E-state index >= 15 is 0 Å². The van der Waals surface area contributed by atoms with E-state index in [0.717, 1.165) is 24.7 Å². The van der Waals surface area contributed by atoms with Crippen molar-refractivity contribution in [1.82, 2.24) is 15.1 Å². The van der Waals surface area contributed by atoms with Crippen LogP contribution in [0.4, 0.5) is 0 Å². The van der Waals surface area contributed by atoms with Gasteiger partial charge in [0, 0.05) is 19.6 Å². The van der Waals surface area contributed by atoms with Crippen molar-refractivity contribution < 1.29 is 0 Å². The molecule has 1 unspecified atom stereocenters. The molecule has 0 aliphatic heterocycles. The van der Waals surface area contributed by atoms with Crippen molar-refractivity contribution in [2.24, 2.45) is 12.5 Å². The highest BCUT2D eigenvalue weighted by Gasteiger charge is 2.29. The minimum Gasteiger partial charge on any atom is -0.313 e. The Morgan fingerprint density at radius 1 is 1.50 bits per heavy atom. The van der Waals surface area contributed by atoms with Gasteiger partial charge < -0.3 is 5.32 Å². The SMILES string of the molecule is CCC(C)(CNC1CC1)Cc1c(Br)c(C)nn1C. The number of aryl methyl sites for hydroxylation is 2. The average Bonchev–Trinajstić information content (AvgIpc) is 3.13. The molecule has 1 aliphatic carbocycles. The van der Waals surface area contributed by atoms with Crippen LogP contribution in [0.15, 0.2) is 4.47 Å². The molecule has 1 heterocycles. The number of nitrogens with one attached hydrogen (secondary N) is 1. The lowest BCUT2D eigenvalue weighted by molar-refractivity contribution is 0.282. The van der Waals surface area contributed by atoms with E-state index in [2.05, 4.69) is 47.1 Å². The molecule has 4 heteroatoms. The van der Waals surface area contributed by atoms with Crippen LogP contribution in [0.2, 0.25) is 0 Å². The van der Waals surface area contributed by atoms with Gasteiger partial charge in [0.2, 0.25) is 0 Å². The molecular formula is C14H24BrN3. The van der Waals surface area contributed by atoms with Crippen LogP contribution in [-0.4, -0.2) is 22.4 Å². The van der Waals surface area contributed by atoms with Crippen LogP contribution < -0.4 is 5.32 Å². The molecular weight excluding hydrogens is 290 g/mol. The van der Waals surface area contributed by atoms with Gasteiger partial charge in [-0.2, -0.15) is 5.10 Å². The summed E-state index contributed by atoms with van der Waals surface area (Å²) in [6.07, 6.45) is 4.97. The Morgan fingerprint density at radius 2 is 2.17 bits per heavy atom. The zero-order valence-corrected chi connectivity index (χ0v) is 13.5. The molecule has 0 saturated heterocycles. The molecule has 0 spiro atoms. The van der Waals surface area contributed by atoms with Crippen molar-refractivity contribution in [2.75, 3.05) is 6.54 Å². The summed E-state index contributed by atoms with van der Waals surface area (Å²) in [5, 5.41) is 8.16. The monoisotopic (exact) mass is 313 g/mol. The van der Waals surface area contributed by atoms with E-state index in [1.54, 1.807) is 0 Å². The fourth-order valence-corrected chi connectivity index (χ4v) is 2.74. The second kappa shape index (κ2) is 5.33. The minimum absolute atomic E-state index is 0.311. The van der Waals surface area contributed by atoms with Gasteiger partial charge in [0.25, 0.3) is 0 Å². The van der Waals surface area contributed by atoms with Crippen molar-refractivity contribution in [2.45, 2.75) is 52.5 Å². The van der Waals surface area contributed by atoms with Gasteiger partial charge in [0.15, 0.2) is 0 Å². The number of rotatable bonds is 6. The van der Waals surface area contributed by atoms with Gasteiger partial charge >= 0.3 is 0 Å². The quantitative estimate of drug-likeness (QED) is 0.874. The largest absolute Gasteiger partial charge is 0.313 e. The van der Waals surface area contributed by atoms with Gasteiger partial charge in [0.05, 0.1) is 15.9 Å². The van der Waals surface area contributed by atoms with Gasteiger partial charge in [0.1, 0.15) is 0 Å². The fourth-order valence-electron chi connectivity index (χ4n) is 2.27.